The Morgan fingerprint density at radius 3 is 1.86 bits per heavy atom. The summed E-state index contributed by atoms with van der Waals surface area (Å²) in [5.74, 6) is 3.48. The van der Waals surface area contributed by atoms with Gasteiger partial charge in [0.2, 0.25) is 0 Å². The molecule has 0 rings (SSSR count). The van der Waals surface area contributed by atoms with E-state index in [1.807, 2.05) is 5.92 Å². The molecule has 0 aromatic rings. The van der Waals surface area contributed by atoms with Crippen molar-refractivity contribution in [2.75, 3.05) is 0 Å². The summed E-state index contributed by atoms with van der Waals surface area (Å²) in [5, 5.41) is 0. The molecule has 0 aliphatic heterocycles. The fraction of sp³-hybridized carbons (Fsp3) is 0.759. The highest BCUT2D eigenvalue weighted by atomic mass is 14.2. The normalized spacial score (nSPS) is 14.7. The third-order valence-electron chi connectivity index (χ3n) is 5.75. The Hall–Kier alpha value is -0.780. The van der Waals surface area contributed by atoms with Crippen molar-refractivity contribution in [3.05, 3.63) is 42.4 Å². The van der Waals surface area contributed by atoms with Crippen LogP contribution in [0.15, 0.2) is 36.5 Å². The molecule has 2 atom stereocenters. The van der Waals surface area contributed by atoms with Crippen LogP contribution in [0, 0.1) is 17.8 Å². The highest BCUT2D eigenvalue weighted by Crippen LogP contribution is 2.30. The summed E-state index contributed by atoms with van der Waals surface area (Å²) in [6, 6.07) is 0. The zero-order chi connectivity index (χ0) is 21.6. The fourth-order valence-electron chi connectivity index (χ4n) is 3.97. The van der Waals surface area contributed by atoms with Crippen molar-refractivity contribution < 1.29 is 0 Å². The molecule has 0 N–H and O–H groups in total. The predicted molar refractivity (Wildman–Crippen MR) is 135 cm³/mol. The average molecular weight is 402 g/mol. The Balaban J connectivity index is 4.38. The van der Waals surface area contributed by atoms with E-state index in [0.29, 0.717) is 0 Å². The summed E-state index contributed by atoms with van der Waals surface area (Å²) in [7, 11) is 0. The maximum atomic E-state index is 2.47. The molecular formula is C29H53. The minimum Gasteiger partial charge on any atom is -0.0888 e. The summed E-state index contributed by atoms with van der Waals surface area (Å²) < 4.78 is 0. The van der Waals surface area contributed by atoms with Crippen LogP contribution in [0.25, 0.3) is 0 Å². The molecule has 0 heteroatoms. The van der Waals surface area contributed by atoms with Gasteiger partial charge in [-0.3, -0.25) is 0 Å². The van der Waals surface area contributed by atoms with Gasteiger partial charge in [-0.1, -0.05) is 96.8 Å². The molecule has 169 valence electrons. The topological polar surface area (TPSA) is 0 Å². The molecular weight excluding hydrogens is 348 g/mol. The van der Waals surface area contributed by atoms with Gasteiger partial charge in [-0.15, -0.1) is 0 Å². The minimum atomic E-state index is 0.819. The Kier molecular flexibility index (Phi) is 21.3. The fourth-order valence-corrected chi connectivity index (χ4v) is 3.97. The monoisotopic (exact) mass is 401 g/mol. The van der Waals surface area contributed by atoms with Gasteiger partial charge >= 0.3 is 0 Å². The quantitative estimate of drug-likeness (QED) is 0.140. The van der Waals surface area contributed by atoms with E-state index in [-0.39, 0.29) is 0 Å². The average Bonchev–Trinajstić information content (AvgIpc) is 2.70. The van der Waals surface area contributed by atoms with E-state index in [1.54, 1.807) is 0 Å². The Morgan fingerprint density at radius 1 is 0.586 bits per heavy atom. The Labute approximate surface area is 185 Å². The van der Waals surface area contributed by atoms with Crippen LogP contribution in [0.1, 0.15) is 131 Å². The molecule has 0 saturated heterocycles. The summed E-state index contributed by atoms with van der Waals surface area (Å²) in [6.07, 6.45) is 33.7. The van der Waals surface area contributed by atoms with Crippen molar-refractivity contribution in [1.82, 2.24) is 0 Å². The van der Waals surface area contributed by atoms with Crippen molar-refractivity contribution in [3.63, 3.8) is 0 Å². The molecule has 2 unspecified atom stereocenters. The van der Waals surface area contributed by atoms with Crippen LogP contribution in [-0.2, 0) is 0 Å². The number of unbranched alkanes of at least 4 members (excludes halogenated alkanes) is 4. The highest BCUT2D eigenvalue weighted by Gasteiger charge is 2.16. The largest absolute Gasteiger partial charge is 0.0888 e. The van der Waals surface area contributed by atoms with Crippen molar-refractivity contribution >= 4 is 0 Å². The van der Waals surface area contributed by atoms with Crippen LogP contribution >= 0.6 is 0 Å². The first-order valence-electron chi connectivity index (χ1n) is 12.9. The summed E-state index contributed by atoms with van der Waals surface area (Å²) >= 11 is 0. The predicted octanol–water partition coefficient (Wildman–Crippen LogP) is 10.4. The minimum absolute atomic E-state index is 0.819. The Morgan fingerprint density at radius 2 is 1.17 bits per heavy atom. The van der Waals surface area contributed by atoms with Gasteiger partial charge in [-0.2, -0.15) is 0 Å². The molecule has 0 bridgehead atoms. The van der Waals surface area contributed by atoms with Crippen LogP contribution in [0.2, 0.25) is 0 Å². The molecule has 0 aromatic carbocycles. The van der Waals surface area contributed by atoms with Crippen LogP contribution in [0.3, 0.4) is 0 Å². The number of hydrogen-bond acceptors (Lipinski definition) is 0. The third-order valence-corrected chi connectivity index (χ3v) is 5.75. The summed E-state index contributed by atoms with van der Waals surface area (Å²) in [6.45, 7) is 11.7. The smallest absolute Gasteiger partial charge is 0.0233 e. The number of rotatable bonds is 20. The lowest BCUT2D eigenvalue weighted by Crippen LogP contribution is -2.09. The molecule has 0 fully saturated rings. The van der Waals surface area contributed by atoms with Crippen molar-refractivity contribution in [2.45, 2.75) is 131 Å². The third kappa shape index (κ3) is 20.3. The zero-order valence-corrected chi connectivity index (χ0v) is 20.7. The van der Waals surface area contributed by atoms with Crippen molar-refractivity contribution in [3.8, 4) is 0 Å². The van der Waals surface area contributed by atoms with E-state index in [4.69, 9.17) is 0 Å². The van der Waals surface area contributed by atoms with Gasteiger partial charge in [0.05, 0.1) is 0 Å². The van der Waals surface area contributed by atoms with Crippen LogP contribution in [-0.4, -0.2) is 0 Å². The lowest BCUT2D eigenvalue weighted by atomic mass is 9.82. The van der Waals surface area contributed by atoms with Gasteiger partial charge in [-0.05, 0) is 88.4 Å². The first kappa shape index (κ1) is 28.2. The molecule has 0 aliphatic rings. The summed E-state index contributed by atoms with van der Waals surface area (Å²) in [4.78, 5) is 0. The van der Waals surface area contributed by atoms with Gasteiger partial charge in [0.1, 0.15) is 0 Å². The van der Waals surface area contributed by atoms with Crippen LogP contribution in [0.5, 0.6) is 0 Å². The second-order valence-corrected chi connectivity index (χ2v) is 9.17. The molecule has 0 amide bonds. The molecule has 0 aromatic heterocycles. The van der Waals surface area contributed by atoms with E-state index in [9.17, 15) is 0 Å². The molecule has 0 aliphatic carbocycles. The van der Waals surface area contributed by atoms with Gasteiger partial charge in [0.15, 0.2) is 0 Å². The van der Waals surface area contributed by atoms with E-state index < -0.39 is 0 Å². The molecule has 0 heterocycles. The first-order chi connectivity index (χ1) is 14.1. The lowest BCUT2D eigenvalue weighted by Gasteiger charge is -2.23. The molecule has 0 nitrogen and oxygen atoms in total. The van der Waals surface area contributed by atoms with Gasteiger partial charge in [-0.25, -0.2) is 0 Å². The van der Waals surface area contributed by atoms with Crippen molar-refractivity contribution in [2.24, 2.45) is 11.8 Å². The molecule has 0 spiro atoms. The SMILES string of the molecule is CCC=CCCCC(C)C[C](CCC=CCCCC)CC(C)CCC=CCCC. The van der Waals surface area contributed by atoms with E-state index in [0.717, 1.165) is 11.8 Å². The maximum Gasteiger partial charge on any atom is -0.0233 e. The van der Waals surface area contributed by atoms with Gasteiger partial charge in [0, 0.05) is 0 Å². The molecule has 0 saturated carbocycles. The van der Waals surface area contributed by atoms with Gasteiger partial charge in [0.25, 0.3) is 0 Å². The second kappa shape index (κ2) is 21.9. The first-order valence-corrected chi connectivity index (χ1v) is 12.9. The second-order valence-electron chi connectivity index (χ2n) is 9.17. The van der Waals surface area contributed by atoms with Crippen LogP contribution in [0.4, 0.5) is 0 Å². The standard InChI is InChI=1S/C29H53/c1-6-9-12-15-18-21-24-29(25-27(4)22-19-16-13-10-7-2)26-28(5)23-20-17-14-11-8-3/h10,13-15,17-18,27-28H,6-9,11-12,16,19-26H2,1-5H3. The highest BCUT2D eigenvalue weighted by molar-refractivity contribution is 4.96. The van der Waals surface area contributed by atoms with E-state index >= 15 is 0 Å². The molecule has 1 radical (unpaired) electrons. The summed E-state index contributed by atoms with van der Waals surface area (Å²) in [5.41, 5.74) is 0. The molecule has 29 heavy (non-hydrogen) atoms. The van der Waals surface area contributed by atoms with Gasteiger partial charge < -0.3 is 0 Å². The Bertz CT molecular complexity index is 400. The van der Waals surface area contributed by atoms with Crippen LogP contribution < -0.4 is 0 Å². The maximum absolute atomic E-state index is 2.47. The lowest BCUT2D eigenvalue weighted by molar-refractivity contribution is 0.416. The zero-order valence-electron chi connectivity index (χ0n) is 20.7. The van der Waals surface area contributed by atoms with E-state index in [2.05, 4.69) is 71.1 Å². The number of hydrogen-bond donors (Lipinski definition) is 0. The van der Waals surface area contributed by atoms with Crippen molar-refractivity contribution in [1.29, 1.82) is 0 Å². The number of allylic oxidation sites excluding steroid dienone is 6. The van der Waals surface area contributed by atoms with E-state index in [1.165, 1.54) is 96.3 Å².